The maximum absolute atomic E-state index is 8.15. The molecule has 0 saturated heterocycles. The summed E-state index contributed by atoms with van der Waals surface area (Å²) in [7, 11) is -2.82. The van der Waals surface area contributed by atoms with E-state index in [1.54, 1.807) is 0 Å². The second kappa shape index (κ2) is 9.29. The van der Waals surface area contributed by atoms with E-state index in [4.69, 9.17) is 9.91 Å². The van der Waals surface area contributed by atoms with Crippen molar-refractivity contribution in [1.29, 1.82) is 5.26 Å². The third kappa shape index (κ3) is 12.3. The predicted molar refractivity (Wildman–Crippen MR) is 95.3 cm³/mol. The van der Waals surface area contributed by atoms with Crippen LogP contribution in [0, 0.1) is 16.7 Å². The summed E-state index contributed by atoms with van der Waals surface area (Å²) < 4.78 is 5.09. The van der Waals surface area contributed by atoms with Gasteiger partial charge in [0.1, 0.15) is 0 Å². The van der Waals surface area contributed by atoms with Gasteiger partial charge < -0.3 is 4.65 Å². The summed E-state index contributed by atoms with van der Waals surface area (Å²) in [4.78, 5) is 0. The number of nitrogens with zero attached hydrogens (tertiary/aromatic N) is 2. The Morgan fingerprint density at radius 3 is 1.62 bits per heavy atom. The molecule has 0 aromatic heterocycles. The third-order valence-corrected chi connectivity index (χ3v) is 9.10. The molecule has 0 bridgehead atoms. The minimum atomic E-state index is -1.53. The molecule has 0 saturated carbocycles. The Hall–Kier alpha value is 0.104. The van der Waals surface area contributed by atoms with Crippen LogP contribution in [-0.2, 0) is 0 Å². The van der Waals surface area contributed by atoms with Crippen molar-refractivity contribution in [2.75, 3.05) is 0 Å². The molecule has 0 aliphatic carbocycles. The summed E-state index contributed by atoms with van der Waals surface area (Å²) in [5.74, 6) is 0. The maximum atomic E-state index is 8.15. The van der Waals surface area contributed by atoms with Crippen molar-refractivity contribution in [3.05, 3.63) is 35.0 Å². The first-order valence-corrected chi connectivity index (χ1v) is 13.5. The zero-order valence-electron chi connectivity index (χ0n) is 15.3. The summed E-state index contributed by atoms with van der Waals surface area (Å²) in [5, 5.41) is 9.60. The fourth-order valence-electron chi connectivity index (χ4n) is 1.75. The molecule has 1 rings (SSSR count). The number of rotatable bonds is 3. The number of nitriles is 1. The molecule has 2 nitrogen and oxygen atoms in total. The van der Waals surface area contributed by atoms with Crippen LogP contribution in [0.25, 0.3) is 4.65 Å². The molecule has 0 N–H and O–H groups in total. The summed E-state index contributed by atoms with van der Waals surface area (Å²) in [6.45, 7) is 17.2. The Morgan fingerprint density at radius 1 is 0.952 bits per heavy atom. The van der Waals surface area contributed by atoms with Crippen LogP contribution in [0.4, 0.5) is 0 Å². The summed E-state index contributed by atoms with van der Waals surface area (Å²) in [6.07, 6.45) is 0. The maximum Gasteiger partial charge on any atom is 1.00 e. The quantitative estimate of drug-likeness (QED) is 0.781. The molecule has 0 heterocycles. The average molecular weight is 329 g/mol. The molecule has 0 atom stereocenters. The molecule has 0 fully saturated rings. The van der Waals surface area contributed by atoms with Gasteiger partial charge in [0.05, 0.1) is 6.07 Å². The van der Waals surface area contributed by atoms with Gasteiger partial charge in [0.15, 0.2) is 0 Å². The molecule has 0 aliphatic heterocycles. The Bertz CT molecular complexity index is 440. The molecule has 0 radical (unpaired) electrons. The van der Waals surface area contributed by atoms with Gasteiger partial charge in [0.25, 0.3) is 0 Å². The summed E-state index contributed by atoms with van der Waals surface area (Å²) in [6, 6.07) is 12.8. The Balaban J connectivity index is 0. The van der Waals surface area contributed by atoms with Gasteiger partial charge in [-0.3, -0.25) is 0 Å². The fourth-order valence-corrected chi connectivity index (χ4v) is 9.98. The molecule has 1 aromatic rings. The van der Waals surface area contributed by atoms with Gasteiger partial charge in [-0.25, -0.2) is 0 Å². The second-order valence-electron chi connectivity index (χ2n) is 7.57. The van der Waals surface area contributed by atoms with Crippen LogP contribution in [0.1, 0.15) is 20.8 Å². The molecule has 5 heteroatoms. The van der Waals surface area contributed by atoms with Crippen molar-refractivity contribution in [1.82, 2.24) is 0 Å². The smallest absolute Gasteiger partial charge is 0.664 e. The fraction of sp³-hybridized carbons (Fsp3) is 0.562. The molecule has 0 aliphatic rings. The first-order valence-electron chi connectivity index (χ1n) is 7.08. The van der Waals surface area contributed by atoms with Crippen LogP contribution in [0.5, 0.6) is 0 Å². The van der Waals surface area contributed by atoms with E-state index >= 15 is 0 Å². The van der Waals surface area contributed by atoms with Crippen LogP contribution in [0.2, 0.25) is 32.7 Å². The van der Waals surface area contributed by atoms with Gasteiger partial charge in [0, 0.05) is 5.41 Å². The van der Waals surface area contributed by atoms with Gasteiger partial charge in [-0.2, -0.15) is 5.26 Å². The van der Waals surface area contributed by atoms with Gasteiger partial charge >= 0.3 is 29.6 Å². The topological polar surface area (TPSA) is 37.9 Å². The second-order valence-corrected chi connectivity index (χ2v) is 16.5. The molecule has 0 amide bonds. The van der Waals surface area contributed by atoms with E-state index in [-0.39, 0.29) is 35.0 Å². The number of hydrogen-bond acceptors (Lipinski definition) is 1. The van der Waals surface area contributed by atoms with Crippen LogP contribution in [0.3, 0.4) is 0 Å². The molecule has 21 heavy (non-hydrogen) atoms. The molecule has 0 unspecified atom stereocenters. The Labute approximate surface area is 155 Å². The van der Waals surface area contributed by atoms with Crippen molar-refractivity contribution >= 4 is 21.7 Å². The Morgan fingerprint density at radius 2 is 1.33 bits per heavy atom. The molecule has 112 valence electrons. The van der Waals surface area contributed by atoms with Crippen LogP contribution < -0.4 is 34.7 Å². The van der Waals surface area contributed by atoms with Gasteiger partial charge in [-0.15, -0.1) is 0 Å². The van der Waals surface area contributed by atoms with E-state index in [0.29, 0.717) is 0 Å². The molecular weight excluding hydrogens is 299 g/mol. The standard InChI is InChI=1S/C11H20NSi2.C5H9N.Na/c1-13(2,3)12-14(4,5)11-9-7-6-8-10-11;1-5(2,3)4-6;/h6-10H,1-5H3;1-3H3;/q-1;;+1. The van der Waals surface area contributed by atoms with E-state index in [1.165, 1.54) is 5.19 Å². The summed E-state index contributed by atoms with van der Waals surface area (Å²) in [5.41, 5.74) is -0.153. The van der Waals surface area contributed by atoms with Gasteiger partial charge in [-0.1, -0.05) is 76.5 Å². The average Bonchev–Trinajstić information content (AvgIpc) is 2.27. The normalized spacial score (nSPS) is 11.6. The molecule has 0 spiro atoms. The summed E-state index contributed by atoms with van der Waals surface area (Å²) >= 11 is 0. The van der Waals surface area contributed by atoms with Crippen molar-refractivity contribution in [2.45, 2.75) is 53.5 Å². The third-order valence-electron chi connectivity index (χ3n) is 2.43. The first kappa shape index (κ1) is 23.4. The van der Waals surface area contributed by atoms with Crippen molar-refractivity contribution < 1.29 is 29.6 Å². The molecular formula is C16H29N2NaSi2. The Kier molecular flexibility index (Phi) is 10.3. The minimum absolute atomic E-state index is 0. The van der Waals surface area contributed by atoms with E-state index in [1.807, 2.05) is 20.8 Å². The number of benzene rings is 1. The minimum Gasteiger partial charge on any atom is -0.664 e. The first-order chi connectivity index (χ1) is 8.87. The van der Waals surface area contributed by atoms with Gasteiger partial charge in [-0.05, 0) is 29.0 Å². The predicted octanol–water partition coefficient (Wildman–Crippen LogP) is 1.87. The van der Waals surface area contributed by atoms with Crippen LogP contribution >= 0.6 is 0 Å². The van der Waals surface area contributed by atoms with Crippen LogP contribution in [-0.4, -0.2) is 16.5 Å². The monoisotopic (exact) mass is 328 g/mol. The zero-order chi connectivity index (χ0) is 16.0. The zero-order valence-corrected chi connectivity index (χ0v) is 19.3. The SMILES string of the molecule is CC(C)(C)C#N.C[Si](C)(C)[N-][Si](C)(C)c1ccccc1.[Na+]. The van der Waals surface area contributed by atoms with E-state index < -0.39 is 16.5 Å². The van der Waals surface area contributed by atoms with E-state index in [2.05, 4.69) is 69.1 Å². The van der Waals surface area contributed by atoms with E-state index in [0.717, 1.165) is 0 Å². The van der Waals surface area contributed by atoms with E-state index in [9.17, 15) is 0 Å². The molecule has 1 aromatic carbocycles. The van der Waals surface area contributed by atoms with Crippen molar-refractivity contribution in [2.24, 2.45) is 5.41 Å². The largest absolute Gasteiger partial charge is 1.00 e. The van der Waals surface area contributed by atoms with Gasteiger partial charge in [0.2, 0.25) is 0 Å². The van der Waals surface area contributed by atoms with Crippen molar-refractivity contribution in [3.8, 4) is 6.07 Å². The number of hydrogen-bond donors (Lipinski definition) is 0. The van der Waals surface area contributed by atoms with Crippen LogP contribution in [0.15, 0.2) is 30.3 Å². The van der Waals surface area contributed by atoms with Crippen molar-refractivity contribution in [3.63, 3.8) is 0 Å².